The second-order valence-corrected chi connectivity index (χ2v) is 6.72. The summed E-state index contributed by atoms with van der Waals surface area (Å²) >= 11 is 3.40. The zero-order chi connectivity index (χ0) is 15.1. The molecule has 4 nitrogen and oxygen atoms in total. The second-order valence-electron chi connectivity index (χ2n) is 5.00. The van der Waals surface area contributed by atoms with Gasteiger partial charge in [0, 0.05) is 11.9 Å². The molecule has 122 valence electrons. The van der Waals surface area contributed by atoms with Gasteiger partial charge in [-0.1, -0.05) is 13.8 Å². The van der Waals surface area contributed by atoms with Gasteiger partial charge in [-0.15, -0.1) is 35.3 Å². The largest absolute Gasteiger partial charge is 0.357 e. The Morgan fingerprint density at radius 2 is 2.14 bits per heavy atom. The topological polar surface area (TPSA) is 49.3 Å². The van der Waals surface area contributed by atoms with Gasteiger partial charge in [0.2, 0.25) is 0 Å². The minimum Gasteiger partial charge on any atom is -0.357 e. The number of nitrogens with zero attached hydrogens (tertiary/aromatic N) is 2. The molecule has 0 spiro atoms. The molecule has 0 saturated heterocycles. The average Bonchev–Trinajstić information content (AvgIpc) is 3.13. The monoisotopic (exact) mass is 450 g/mol. The van der Waals surface area contributed by atoms with E-state index in [9.17, 15) is 0 Å². The van der Waals surface area contributed by atoms with E-state index in [0.717, 1.165) is 23.2 Å². The van der Waals surface area contributed by atoms with E-state index in [1.54, 1.807) is 22.7 Å². The van der Waals surface area contributed by atoms with Gasteiger partial charge >= 0.3 is 0 Å². The zero-order valence-corrected chi connectivity index (χ0v) is 17.1. The third-order valence-corrected chi connectivity index (χ3v) is 4.51. The molecule has 0 atom stereocenters. The fourth-order valence-corrected chi connectivity index (χ4v) is 3.28. The predicted octanol–water partition coefficient (Wildman–Crippen LogP) is 4.20. The van der Waals surface area contributed by atoms with Crippen LogP contribution >= 0.6 is 46.7 Å². The molecular formula is C15H23IN4S2. The molecule has 2 aromatic heterocycles. The molecule has 0 saturated carbocycles. The maximum absolute atomic E-state index is 4.63. The van der Waals surface area contributed by atoms with Crippen LogP contribution in [0.4, 0.5) is 0 Å². The lowest BCUT2D eigenvalue weighted by Crippen LogP contribution is -2.36. The van der Waals surface area contributed by atoms with Gasteiger partial charge in [0.1, 0.15) is 5.01 Å². The van der Waals surface area contributed by atoms with Gasteiger partial charge in [-0.2, -0.15) is 11.3 Å². The Bertz CT molecular complexity index is 564. The Balaban J connectivity index is 0.00000242. The number of nitrogens with one attached hydrogen (secondary N) is 2. The van der Waals surface area contributed by atoms with Crippen LogP contribution in [0.15, 0.2) is 27.2 Å². The van der Waals surface area contributed by atoms with Crippen LogP contribution in [0.3, 0.4) is 0 Å². The number of halogens is 1. The van der Waals surface area contributed by atoms with Crippen molar-refractivity contribution in [3.05, 3.63) is 38.5 Å². The Labute approximate surface area is 157 Å². The maximum atomic E-state index is 4.63. The highest BCUT2D eigenvalue weighted by Crippen LogP contribution is 2.17. The van der Waals surface area contributed by atoms with Gasteiger partial charge in [0.05, 0.1) is 18.8 Å². The van der Waals surface area contributed by atoms with Gasteiger partial charge in [-0.3, -0.25) is 0 Å². The summed E-state index contributed by atoms with van der Waals surface area (Å²) in [5.41, 5.74) is 2.41. The molecule has 7 heteroatoms. The summed E-state index contributed by atoms with van der Waals surface area (Å²) in [5, 5.41) is 14.0. The molecular weight excluding hydrogens is 427 g/mol. The van der Waals surface area contributed by atoms with Crippen molar-refractivity contribution in [2.24, 2.45) is 4.99 Å². The van der Waals surface area contributed by atoms with Crippen molar-refractivity contribution in [1.29, 1.82) is 0 Å². The number of thiophene rings is 1. The van der Waals surface area contributed by atoms with Crippen LogP contribution in [-0.2, 0) is 13.1 Å². The van der Waals surface area contributed by atoms with E-state index in [1.165, 1.54) is 5.56 Å². The van der Waals surface area contributed by atoms with Crippen LogP contribution in [0.1, 0.15) is 43.0 Å². The van der Waals surface area contributed by atoms with E-state index in [2.05, 4.69) is 63.6 Å². The number of rotatable bonds is 6. The number of guanidine groups is 1. The van der Waals surface area contributed by atoms with Gasteiger partial charge in [-0.25, -0.2) is 9.98 Å². The van der Waals surface area contributed by atoms with Crippen molar-refractivity contribution in [3.8, 4) is 0 Å². The molecule has 0 aliphatic heterocycles. The minimum absolute atomic E-state index is 0. The highest BCUT2D eigenvalue weighted by atomic mass is 127. The van der Waals surface area contributed by atoms with E-state index in [-0.39, 0.29) is 24.0 Å². The van der Waals surface area contributed by atoms with Crippen LogP contribution in [0.2, 0.25) is 0 Å². The van der Waals surface area contributed by atoms with E-state index >= 15 is 0 Å². The lowest BCUT2D eigenvalue weighted by molar-refractivity contribution is 0.788. The molecule has 2 rings (SSSR count). The van der Waals surface area contributed by atoms with Crippen LogP contribution in [-0.4, -0.2) is 17.5 Å². The van der Waals surface area contributed by atoms with Crippen molar-refractivity contribution in [3.63, 3.8) is 0 Å². The smallest absolute Gasteiger partial charge is 0.191 e. The molecule has 0 amide bonds. The Morgan fingerprint density at radius 3 is 2.73 bits per heavy atom. The first kappa shape index (κ1) is 19.4. The fourth-order valence-electron chi connectivity index (χ4n) is 1.73. The number of hydrogen-bond donors (Lipinski definition) is 2. The van der Waals surface area contributed by atoms with E-state index in [0.29, 0.717) is 19.0 Å². The first-order valence-electron chi connectivity index (χ1n) is 7.16. The van der Waals surface area contributed by atoms with Gasteiger partial charge in [0.15, 0.2) is 5.96 Å². The Morgan fingerprint density at radius 1 is 1.32 bits per heavy atom. The summed E-state index contributed by atoms with van der Waals surface area (Å²) in [5.74, 6) is 1.32. The normalized spacial score (nSPS) is 11.4. The van der Waals surface area contributed by atoms with Crippen LogP contribution in [0.25, 0.3) is 0 Å². The van der Waals surface area contributed by atoms with Crippen molar-refractivity contribution < 1.29 is 0 Å². The molecule has 0 aromatic carbocycles. The highest BCUT2D eigenvalue weighted by Gasteiger charge is 2.06. The highest BCUT2D eigenvalue weighted by molar-refractivity contribution is 14.0. The molecule has 22 heavy (non-hydrogen) atoms. The summed E-state index contributed by atoms with van der Waals surface area (Å²) in [6.07, 6.45) is 0. The number of hydrogen-bond acceptors (Lipinski definition) is 4. The van der Waals surface area contributed by atoms with Crippen molar-refractivity contribution in [2.45, 2.75) is 39.8 Å². The van der Waals surface area contributed by atoms with Crippen molar-refractivity contribution in [2.75, 3.05) is 6.54 Å². The third-order valence-electron chi connectivity index (χ3n) is 2.91. The summed E-state index contributed by atoms with van der Waals surface area (Å²) in [7, 11) is 0. The summed E-state index contributed by atoms with van der Waals surface area (Å²) in [4.78, 5) is 9.22. The first-order chi connectivity index (χ1) is 10.2. The quantitative estimate of drug-likeness (QED) is 0.394. The van der Waals surface area contributed by atoms with E-state index < -0.39 is 0 Å². The van der Waals surface area contributed by atoms with Crippen LogP contribution < -0.4 is 10.6 Å². The summed E-state index contributed by atoms with van der Waals surface area (Å²) in [6.45, 7) is 8.67. The molecule has 0 bridgehead atoms. The van der Waals surface area contributed by atoms with Gasteiger partial charge in [0.25, 0.3) is 0 Å². The number of aliphatic imine (C=N–C) groups is 1. The Hall–Kier alpha value is -0.670. The van der Waals surface area contributed by atoms with Crippen LogP contribution in [0.5, 0.6) is 0 Å². The molecule has 0 unspecified atom stereocenters. The summed E-state index contributed by atoms with van der Waals surface area (Å²) < 4.78 is 0. The summed E-state index contributed by atoms with van der Waals surface area (Å²) in [6, 6.07) is 2.10. The van der Waals surface area contributed by atoms with Crippen molar-refractivity contribution in [1.82, 2.24) is 15.6 Å². The molecule has 0 aliphatic carbocycles. The molecule has 0 radical (unpaired) electrons. The Kier molecular flexibility index (Phi) is 8.96. The standard InChI is InChI=1S/C15H22N4S2.HI/c1-4-16-15(17-7-12-5-6-20-9-12)18-8-14-19-13(10-21-14)11(2)3;/h5-6,9-11H,4,7-8H2,1-3H3,(H2,16,17,18);1H. The van der Waals surface area contributed by atoms with Crippen molar-refractivity contribution >= 4 is 52.6 Å². The van der Waals surface area contributed by atoms with E-state index in [4.69, 9.17) is 0 Å². The number of aromatic nitrogens is 1. The fraction of sp³-hybridized carbons (Fsp3) is 0.467. The van der Waals surface area contributed by atoms with Crippen LogP contribution in [0, 0.1) is 0 Å². The second kappa shape index (κ2) is 10.2. The average molecular weight is 450 g/mol. The van der Waals surface area contributed by atoms with Gasteiger partial charge in [-0.05, 0) is 35.2 Å². The molecule has 0 fully saturated rings. The third kappa shape index (κ3) is 6.21. The van der Waals surface area contributed by atoms with E-state index in [1.807, 2.05) is 0 Å². The lowest BCUT2D eigenvalue weighted by atomic mass is 10.2. The number of thiazole rings is 1. The molecule has 2 N–H and O–H groups in total. The SMILES string of the molecule is CCNC(=NCc1ccsc1)NCc1nc(C(C)C)cs1.I. The zero-order valence-electron chi connectivity index (χ0n) is 13.1. The maximum Gasteiger partial charge on any atom is 0.191 e. The lowest BCUT2D eigenvalue weighted by Gasteiger charge is -2.09. The first-order valence-corrected chi connectivity index (χ1v) is 8.98. The molecule has 0 aliphatic rings. The minimum atomic E-state index is 0. The molecule has 2 heterocycles. The van der Waals surface area contributed by atoms with Gasteiger partial charge < -0.3 is 10.6 Å². The predicted molar refractivity (Wildman–Crippen MR) is 108 cm³/mol. The molecule has 2 aromatic rings.